The number of nitriles is 2. The number of rotatable bonds is 2. The fourth-order valence-electron chi connectivity index (χ4n) is 1.13. The maximum absolute atomic E-state index is 11.4. The van der Waals surface area contributed by atoms with E-state index in [0.717, 1.165) is 0 Å². The standard InChI is InChI=1S/C10H9N3OS/c1-6-7(2)9(14)13-10(8(6)5-12)15-4-3-11/h4H2,1-2H3,(H,13,14). The third kappa shape index (κ3) is 2.20. The van der Waals surface area contributed by atoms with Crippen molar-refractivity contribution < 1.29 is 0 Å². The summed E-state index contributed by atoms with van der Waals surface area (Å²) in [4.78, 5) is 14.0. The van der Waals surface area contributed by atoms with Crippen LogP contribution in [0.5, 0.6) is 0 Å². The summed E-state index contributed by atoms with van der Waals surface area (Å²) in [5.41, 5.74) is 1.48. The van der Waals surface area contributed by atoms with Gasteiger partial charge in [0, 0.05) is 5.56 Å². The van der Waals surface area contributed by atoms with Crippen LogP contribution in [0.15, 0.2) is 9.82 Å². The number of thioether (sulfide) groups is 1. The van der Waals surface area contributed by atoms with Gasteiger partial charge in [-0.25, -0.2) is 0 Å². The molecule has 0 fully saturated rings. The highest BCUT2D eigenvalue weighted by Crippen LogP contribution is 2.21. The lowest BCUT2D eigenvalue weighted by molar-refractivity contribution is 1.01. The van der Waals surface area contributed by atoms with Crippen molar-refractivity contribution in [1.29, 1.82) is 10.5 Å². The van der Waals surface area contributed by atoms with Gasteiger partial charge in [-0.05, 0) is 19.4 Å². The van der Waals surface area contributed by atoms with Crippen molar-refractivity contribution in [3.8, 4) is 12.1 Å². The third-order valence-electron chi connectivity index (χ3n) is 2.13. The Morgan fingerprint density at radius 2 is 2.00 bits per heavy atom. The van der Waals surface area contributed by atoms with E-state index in [2.05, 4.69) is 4.98 Å². The highest BCUT2D eigenvalue weighted by Gasteiger charge is 2.11. The van der Waals surface area contributed by atoms with E-state index >= 15 is 0 Å². The molecule has 0 aliphatic carbocycles. The van der Waals surface area contributed by atoms with Crippen LogP contribution in [0.2, 0.25) is 0 Å². The molecule has 1 N–H and O–H groups in total. The number of nitrogens with zero attached hydrogens (tertiary/aromatic N) is 2. The van der Waals surface area contributed by atoms with Gasteiger partial charge in [-0.1, -0.05) is 11.8 Å². The minimum absolute atomic E-state index is 0.202. The first-order valence-electron chi connectivity index (χ1n) is 4.25. The van der Waals surface area contributed by atoms with E-state index in [1.165, 1.54) is 11.8 Å². The van der Waals surface area contributed by atoms with E-state index in [-0.39, 0.29) is 11.3 Å². The van der Waals surface area contributed by atoms with Crippen molar-refractivity contribution in [2.24, 2.45) is 0 Å². The summed E-state index contributed by atoms with van der Waals surface area (Å²) >= 11 is 1.17. The van der Waals surface area contributed by atoms with Crippen molar-refractivity contribution in [3.63, 3.8) is 0 Å². The van der Waals surface area contributed by atoms with Crippen molar-refractivity contribution in [3.05, 3.63) is 27.0 Å². The van der Waals surface area contributed by atoms with Crippen molar-refractivity contribution in [2.45, 2.75) is 18.9 Å². The Bertz CT molecular complexity index is 519. The number of hydrogen-bond donors (Lipinski definition) is 1. The lowest BCUT2D eigenvalue weighted by atomic mass is 10.1. The van der Waals surface area contributed by atoms with Crippen LogP contribution in [0, 0.1) is 36.5 Å². The molecule has 0 saturated carbocycles. The molecule has 1 rings (SSSR count). The van der Waals surface area contributed by atoms with E-state index in [1.54, 1.807) is 13.8 Å². The van der Waals surface area contributed by atoms with Crippen LogP contribution in [0.3, 0.4) is 0 Å². The smallest absolute Gasteiger partial charge is 0.252 e. The summed E-state index contributed by atoms with van der Waals surface area (Å²) < 4.78 is 0. The van der Waals surface area contributed by atoms with Crippen LogP contribution in [0.1, 0.15) is 16.7 Å². The second-order valence-electron chi connectivity index (χ2n) is 2.97. The average Bonchev–Trinajstić information content (AvgIpc) is 2.23. The van der Waals surface area contributed by atoms with E-state index in [9.17, 15) is 4.79 Å². The molecule has 0 radical (unpaired) electrons. The Kier molecular flexibility index (Phi) is 3.54. The molecule has 0 amide bonds. The predicted molar refractivity (Wildman–Crippen MR) is 57.6 cm³/mol. The van der Waals surface area contributed by atoms with Gasteiger partial charge < -0.3 is 4.98 Å². The van der Waals surface area contributed by atoms with Crippen molar-refractivity contribution in [2.75, 3.05) is 5.75 Å². The normalized spacial score (nSPS) is 9.33. The van der Waals surface area contributed by atoms with Crippen LogP contribution < -0.4 is 5.56 Å². The van der Waals surface area contributed by atoms with Crippen molar-refractivity contribution in [1.82, 2.24) is 4.98 Å². The zero-order valence-corrected chi connectivity index (χ0v) is 9.23. The molecule has 0 spiro atoms. The molecule has 1 aromatic rings. The minimum Gasteiger partial charge on any atom is -0.316 e. The molecule has 1 heterocycles. The lowest BCUT2D eigenvalue weighted by Gasteiger charge is -2.06. The summed E-state index contributed by atoms with van der Waals surface area (Å²) in [7, 11) is 0. The molecule has 0 bridgehead atoms. The van der Waals surface area contributed by atoms with Gasteiger partial charge >= 0.3 is 0 Å². The fourth-order valence-corrected chi connectivity index (χ4v) is 1.85. The minimum atomic E-state index is -0.202. The molecule has 4 nitrogen and oxygen atoms in total. The summed E-state index contributed by atoms with van der Waals surface area (Å²) in [6, 6.07) is 3.99. The second-order valence-corrected chi connectivity index (χ2v) is 3.95. The zero-order valence-electron chi connectivity index (χ0n) is 8.42. The fraction of sp³-hybridized carbons (Fsp3) is 0.300. The first-order chi connectivity index (χ1) is 7.11. The number of H-pyrrole nitrogens is 1. The molecular formula is C10H9N3OS. The molecule has 0 unspecified atom stereocenters. The molecule has 0 aromatic carbocycles. The van der Waals surface area contributed by atoms with Crippen LogP contribution >= 0.6 is 11.8 Å². The van der Waals surface area contributed by atoms with Crippen LogP contribution in [-0.2, 0) is 0 Å². The number of aromatic amines is 1. The maximum atomic E-state index is 11.4. The maximum Gasteiger partial charge on any atom is 0.252 e. The van der Waals surface area contributed by atoms with E-state index in [0.29, 0.717) is 21.7 Å². The second kappa shape index (κ2) is 4.68. The monoisotopic (exact) mass is 219 g/mol. The molecule has 0 aliphatic rings. The first kappa shape index (κ1) is 11.4. The van der Waals surface area contributed by atoms with Crippen molar-refractivity contribution >= 4 is 11.8 Å². The number of nitrogens with one attached hydrogen (secondary N) is 1. The van der Waals surface area contributed by atoms with Gasteiger partial charge in [-0.2, -0.15) is 10.5 Å². The molecule has 1 aromatic heterocycles. The lowest BCUT2D eigenvalue weighted by Crippen LogP contribution is -2.14. The SMILES string of the molecule is Cc1c(C#N)c(SCC#N)[nH]c(=O)c1C. The highest BCUT2D eigenvalue weighted by atomic mass is 32.2. The molecule has 0 aliphatic heterocycles. The summed E-state index contributed by atoms with van der Waals surface area (Å²) in [5.74, 6) is 0.215. The van der Waals surface area contributed by atoms with Crippen LogP contribution in [-0.4, -0.2) is 10.7 Å². The number of pyridine rings is 1. The van der Waals surface area contributed by atoms with E-state index in [1.807, 2.05) is 12.1 Å². The van der Waals surface area contributed by atoms with E-state index in [4.69, 9.17) is 10.5 Å². The van der Waals surface area contributed by atoms with Crippen LogP contribution in [0.25, 0.3) is 0 Å². The Balaban J connectivity index is 3.35. The summed E-state index contributed by atoms with van der Waals surface area (Å²) in [6.45, 7) is 3.41. The van der Waals surface area contributed by atoms with Gasteiger partial charge in [-0.15, -0.1) is 0 Å². The van der Waals surface area contributed by atoms with Gasteiger partial charge in [0.1, 0.15) is 6.07 Å². The average molecular weight is 219 g/mol. The Labute approximate surface area is 91.5 Å². The molecule has 15 heavy (non-hydrogen) atoms. The Hall–Kier alpha value is -1.72. The van der Waals surface area contributed by atoms with Gasteiger partial charge in [-0.3, -0.25) is 4.79 Å². The molecule has 76 valence electrons. The topological polar surface area (TPSA) is 80.4 Å². The zero-order chi connectivity index (χ0) is 11.4. The number of hydrogen-bond acceptors (Lipinski definition) is 4. The largest absolute Gasteiger partial charge is 0.316 e. The van der Waals surface area contributed by atoms with Gasteiger partial charge in [0.2, 0.25) is 0 Å². The molecule has 5 heteroatoms. The highest BCUT2D eigenvalue weighted by molar-refractivity contribution is 7.99. The Morgan fingerprint density at radius 1 is 1.33 bits per heavy atom. The predicted octanol–water partition coefficient (Wildman–Crippen LogP) is 1.48. The summed E-state index contributed by atoms with van der Waals surface area (Å²) in [5, 5.41) is 17.9. The van der Waals surface area contributed by atoms with Gasteiger partial charge in [0.05, 0.1) is 22.4 Å². The molecular weight excluding hydrogens is 210 g/mol. The molecule has 0 saturated heterocycles. The van der Waals surface area contributed by atoms with Gasteiger partial charge in [0.15, 0.2) is 0 Å². The quantitative estimate of drug-likeness (QED) is 0.764. The first-order valence-corrected chi connectivity index (χ1v) is 5.23. The third-order valence-corrected chi connectivity index (χ3v) is 2.99. The summed E-state index contributed by atoms with van der Waals surface area (Å²) in [6.07, 6.45) is 0. The number of aromatic nitrogens is 1. The Morgan fingerprint density at radius 3 is 2.53 bits per heavy atom. The van der Waals surface area contributed by atoms with E-state index < -0.39 is 0 Å². The van der Waals surface area contributed by atoms with Gasteiger partial charge in [0.25, 0.3) is 5.56 Å². The molecule has 0 atom stereocenters. The van der Waals surface area contributed by atoms with Crippen LogP contribution in [0.4, 0.5) is 0 Å².